The number of rotatable bonds is 3. The zero-order valence-corrected chi connectivity index (χ0v) is 12.0. The van der Waals surface area contributed by atoms with Gasteiger partial charge in [-0.15, -0.1) is 0 Å². The molecule has 0 unspecified atom stereocenters. The first-order valence-corrected chi connectivity index (χ1v) is 6.54. The Morgan fingerprint density at radius 3 is 2.74 bits per heavy atom. The SMILES string of the molecule is CN(Cc1ccc(F)cc1Br)c1cccc(C#N)c1. The van der Waals surface area contributed by atoms with Gasteiger partial charge in [0, 0.05) is 23.8 Å². The van der Waals surface area contributed by atoms with E-state index in [1.54, 1.807) is 12.1 Å². The lowest BCUT2D eigenvalue weighted by atomic mass is 10.1. The maximum atomic E-state index is 13.0. The smallest absolute Gasteiger partial charge is 0.124 e. The summed E-state index contributed by atoms with van der Waals surface area (Å²) in [5.74, 6) is -0.259. The first-order valence-electron chi connectivity index (χ1n) is 5.75. The summed E-state index contributed by atoms with van der Waals surface area (Å²) in [6.45, 7) is 0.635. The normalized spacial score (nSPS) is 10.0. The molecule has 0 heterocycles. The molecule has 0 aliphatic rings. The van der Waals surface area contributed by atoms with Crippen molar-refractivity contribution in [1.29, 1.82) is 5.26 Å². The van der Waals surface area contributed by atoms with Gasteiger partial charge in [-0.25, -0.2) is 4.39 Å². The summed E-state index contributed by atoms with van der Waals surface area (Å²) in [7, 11) is 1.94. The standard InChI is InChI=1S/C15H12BrFN2/c1-19(14-4-2-3-11(7-14)9-18)10-12-5-6-13(17)8-15(12)16/h2-8H,10H2,1H3. The molecule has 0 radical (unpaired) electrons. The predicted molar refractivity (Wildman–Crippen MR) is 77.4 cm³/mol. The van der Waals surface area contributed by atoms with E-state index in [4.69, 9.17) is 5.26 Å². The minimum Gasteiger partial charge on any atom is -0.370 e. The van der Waals surface area contributed by atoms with Crippen LogP contribution in [0.5, 0.6) is 0 Å². The van der Waals surface area contributed by atoms with Crippen molar-refractivity contribution in [2.24, 2.45) is 0 Å². The molecule has 0 bridgehead atoms. The topological polar surface area (TPSA) is 27.0 Å². The van der Waals surface area contributed by atoms with Gasteiger partial charge in [-0.3, -0.25) is 0 Å². The Hall–Kier alpha value is -1.86. The summed E-state index contributed by atoms with van der Waals surface area (Å²) >= 11 is 3.36. The van der Waals surface area contributed by atoms with Crippen LogP contribution in [0.1, 0.15) is 11.1 Å². The van der Waals surface area contributed by atoms with Crippen molar-refractivity contribution >= 4 is 21.6 Å². The highest BCUT2D eigenvalue weighted by molar-refractivity contribution is 9.10. The molecule has 0 aliphatic carbocycles. The molecule has 2 aromatic rings. The lowest BCUT2D eigenvalue weighted by Crippen LogP contribution is -2.16. The minimum atomic E-state index is -0.259. The zero-order chi connectivity index (χ0) is 13.8. The molecule has 0 spiro atoms. The molecule has 0 atom stereocenters. The lowest BCUT2D eigenvalue weighted by Gasteiger charge is -2.20. The van der Waals surface area contributed by atoms with Crippen LogP contribution in [0.15, 0.2) is 46.9 Å². The fourth-order valence-electron chi connectivity index (χ4n) is 1.81. The second-order valence-electron chi connectivity index (χ2n) is 4.25. The first-order chi connectivity index (χ1) is 9.10. The van der Waals surface area contributed by atoms with Crippen LogP contribution in [0.4, 0.5) is 10.1 Å². The molecule has 0 N–H and O–H groups in total. The van der Waals surface area contributed by atoms with E-state index in [2.05, 4.69) is 22.0 Å². The average molecular weight is 319 g/mol. The Morgan fingerprint density at radius 1 is 1.26 bits per heavy atom. The van der Waals surface area contributed by atoms with E-state index in [1.165, 1.54) is 12.1 Å². The van der Waals surface area contributed by atoms with Gasteiger partial charge in [0.05, 0.1) is 11.6 Å². The molecule has 2 nitrogen and oxygen atoms in total. The van der Waals surface area contributed by atoms with Crippen molar-refractivity contribution < 1.29 is 4.39 Å². The van der Waals surface area contributed by atoms with Crippen LogP contribution in [0, 0.1) is 17.1 Å². The van der Waals surface area contributed by atoms with E-state index >= 15 is 0 Å². The maximum absolute atomic E-state index is 13.0. The average Bonchev–Trinajstić information content (AvgIpc) is 2.42. The molecule has 2 rings (SSSR count). The number of anilines is 1. The summed E-state index contributed by atoms with van der Waals surface area (Å²) in [5, 5.41) is 8.89. The summed E-state index contributed by atoms with van der Waals surface area (Å²) in [5.41, 5.74) is 2.57. The van der Waals surface area contributed by atoms with Gasteiger partial charge < -0.3 is 4.90 Å². The van der Waals surface area contributed by atoms with Crippen LogP contribution < -0.4 is 4.90 Å². The highest BCUT2D eigenvalue weighted by Crippen LogP contribution is 2.22. The molecule has 19 heavy (non-hydrogen) atoms. The van der Waals surface area contributed by atoms with E-state index < -0.39 is 0 Å². The highest BCUT2D eigenvalue weighted by atomic mass is 79.9. The van der Waals surface area contributed by atoms with Crippen LogP contribution in [-0.2, 0) is 6.54 Å². The molecule has 0 aromatic heterocycles. The van der Waals surface area contributed by atoms with Gasteiger partial charge in [-0.1, -0.05) is 28.1 Å². The second kappa shape index (κ2) is 5.85. The van der Waals surface area contributed by atoms with E-state index in [0.717, 1.165) is 15.7 Å². The molecular formula is C15H12BrFN2. The number of nitriles is 1. The van der Waals surface area contributed by atoms with Gasteiger partial charge in [0.2, 0.25) is 0 Å². The van der Waals surface area contributed by atoms with Crippen LogP contribution >= 0.6 is 15.9 Å². The van der Waals surface area contributed by atoms with Crippen LogP contribution in [0.2, 0.25) is 0 Å². The Kier molecular flexibility index (Phi) is 4.18. The van der Waals surface area contributed by atoms with Crippen molar-refractivity contribution in [3.05, 3.63) is 63.9 Å². The zero-order valence-electron chi connectivity index (χ0n) is 10.4. The van der Waals surface area contributed by atoms with E-state index in [0.29, 0.717) is 12.1 Å². The summed E-state index contributed by atoms with van der Waals surface area (Å²) in [6, 6.07) is 14.2. The number of hydrogen-bond donors (Lipinski definition) is 0. The molecule has 0 saturated carbocycles. The Balaban J connectivity index is 2.20. The van der Waals surface area contributed by atoms with Crippen molar-refractivity contribution in [3.8, 4) is 6.07 Å². The van der Waals surface area contributed by atoms with Crippen molar-refractivity contribution in [2.75, 3.05) is 11.9 Å². The molecule has 96 valence electrons. The quantitative estimate of drug-likeness (QED) is 0.852. The maximum Gasteiger partial charge on any atom is 0.124 e. The van der Waals surface area contributed by atoms with E-state index in [9.17, 15) is 4.39 Å². The van der Waals surface area contributed by atoms with Gasteiger partial charge in [0.25, 0.3) is 0 Å². The van der Waals surface area contributed by atoms with Gasteiger partial charge in [-0.05, 0) is 35.9 Å². The number of halogens is 2. The molecular weight excluding hydrogens is 307 g/mol. The molecule has 0 saturated heterocycles. The fourth-order valence-corrected chi connectivity index (χ4v) is 2.29. The van der Waals surface area contributed by atoms with Gasteiger partial charge in [-0.2, -0.15) is 5.26 Å². The Morgan fingerprint density at radius 2 is 2.05 bits per heavy atom. The van der Waals surface area contributed by atoms with Crippen molar-refractivity contribution in [1.82, 2.24) is 0 Å². The monoisotopic (exact) mass is 318 g/mol. The Labute approximate surface area is 120 Å². The lowest BCUT2D eigenvalue weighted by molar-refractivity contribution is 0.625. The third-order valence-electron chi connectivity index (χ3n) is 2.84. The Bertz CT molecular complexity index is 634. The van der Waals surface area contributed by atoms with Crippen LogP contribution in [0.25, 0.3) is 0 Å². The van der Waals surface area contributed by atoms with Gasteiger partial charge in [0.1, 0.15) is 5.82 Å². The van der Waals surface area contributed by atoms with Crippen molar-refractivity contribution in [3.63, 3.8) is 0 Å². The third-order valence-corrected chi connectivity index (χ3v) is 3.58. The van der Waals surface area contributed by atoms with E-state index in [-0.39, 0.29) is 5.82 Å². The third kappa shape index (κ3) is 3.33. The molecule has 0 amide bonds. The van der Waals surface area contributed by atoms with Gasteiger partial charge >= 0.3 is 0 Å². The molecule has 0 fully saturated rings. The minimum absolute atomic E-state index is 0.259. The number of nitrogens with zero attached hydrogens (tertiary/aromatic N) is 2. The summed E-state index contributed by atoms with van der Waals surface area (Å²) in [4.78, 5) is 2.01. The second-order valence-corrected chi connectivity index (χ2v) is 5.11. The number of benzene rings is 2. The highest BCUT2D eigenvalue weighted by Gasteiger charge is 2.07. The van der Waals surface area contributed by atoms with E-state index in [1.807, 2.05) is 30.1 Å². The summed E-state index contributed by atoms with van der Waals surface area (Å²) < 4.78 is 13.8. The largest absolute Gasteiger partial charge is 0.370 e. The first kappa shape index (κ1) is 13.6. The fraction of sp³-hybridized carbons (Fsp3) is 0.133. The van der Waals surface area contributed by atoms with Crippen molar-refractivity contribution in [2.45, 2.75) is 6.54 Å². The molecule has 0 aliphatic heterocycles. The molecule has 4 heteroatoms. The summed E-state index contributed by atoms with van der Waals surface area (Å²) in [6.07, 6.45) is 0. The number of hydrogen-bond acceptors (Lipinski definition) is 2. The molecule has 2 aromatic carbocycles. The van der Waals surface area contributed by atoms with Crippen LogP contribution in [-0.4, -0.2) is 7.05 Å². The predicted octanol–water partition coefficient (Wildman–Crippen LogP) is 4.10. The van der Waals surface area contributed by atoms with Gasteiger partial charge in [0.15, 0.2) is 0 Å². The van der Waals surface area contributed by atoms with Crippen LogP contribution in [0.3, 0.4) is 0 Å².